The number of aromatic nitrogens is 1. The number of carboxylic acid groups (broad SMARTS) is 1. The van der Waals surface area contributed by atoms with Crippen LogP contribution in [0, 0.1) is 0 Å². The molecule has 19 heavy (non-hydrogen) atoms. The highest BCUT2D eigenvalue weighted by molar-refractivity contribution is 9.10. The molecule has 2 rings (SSSR count). The van der Waals surface area contributed by atoms with E-state index < -0.39 is 5.97 Å². The zero-order valence-electron chi connectivity index (χ0n) is 9.52. The van der Waals surface area contributed by atoms with Crippen molar-refractivity contribution in [3.63, 3.8) is 0 Å². The Labute approximate surface area is 122 Å². The third-order valence-electron chi connectivity index (χ3n) is 2.33. The van der Waals surface area contributed by atoms with Gasteiger partial charge in [-0.2, -0.15) is 0 Å². The summed E-state index contributed by atoms with van der Waals surface area (Å²) >= 11 is 9.19. The predicted molar refractivity (Wildman–Crippen MR) is 78.0 cm³/mol. The Morgan fingerprint density at radius 1 is 1.37 bits per heavy atom. The first kappa shape index (κ1) is 13.6. The predicted octanol–water partition coefficient (Wildman–Crippen LogP) is 3.52. The van der Waals surface area contributed by atoms with Crippen LogP contribution in [0.1, 0.15) is 10.5 Å². The molecule has 0 fully saturated rings. The van der Waals surface area contributed by atoms with Gasteiger partial charge >= 0.3 is 5.97 Å². The van der Waals surface area contributed by atoms with E-state index in [1.54, 1.807) is 18.2 Å². The molecule has 0 atom stereocenters. The second-order valence-electron chi connectivity index (χ2n) is 3.69. The summed E-state index contributed by atoms with van der Waals surface area (Å²) in [6, 6.07) is 7.98. The normalized spacial score (nSPS) is 10.2. The van der Waals surface area contributed by atoms with E-state index in [0.29, 0.717) is 16.4 Å². The number of nitrogen functional groups attached to an aromatic ring is 1. The Balaban J connectivity index is 2.37. The van der Waals surface area contributed by atoms with Crippen molar-refractivity contribution in [3.8, 4) is 0 Å². The molecule has 7 heteroatoms. The molecule has 0 unspecified atom stereocenters. The number of hydrogen-bond donors (Lipinski definition) is 3. The van der Waals surface area contributed by atoms with Gasteiger partial charge in [-0.1, -0.05) is 11.6 Å². The van der Waals surface area contributed by atoms with Gasteiger partial charge in [0, 0.05) is 9.50 Å². The molecule has 0 aliphatic rings. The fourth-order valence-electron chi connectivity index (χ4n) is 1.41. The van der Waals surface area contributed by atoms with Gasteiger partial charge in [-0.05, 0) is 46.3 Å². The van der Waals surface area contributed by atoms with Crippen molar-refractivity contribution in [2.24, 2.45) is 0 Å². The van der Waals surface area contributed by atoms with Gasteiger partial charge in [-0.25, -0.2) is 9.78 Å². The number of nitrogens with one attached hydrogen (secondary N) is 1. The highest BCUT2D eigenvalue weighted by Crippen LogP contribution is 2.29. The van der Waals surface area contributed by atoms with Crippen molar-refractivity contribution in [3.05, 3.63) is 45.5 Å². The number of pyridine rings is 1. The van der Waals surface area contributed by atoms with Gasteiger partial charge in [-0.3, -0.25) is 0 Å². The van der Waals surface area contributed by atoms with Crippen LogP contribution >= 0.6 is 27.5 Å². The summed E-state index contributed by atoms with van der Waals surface area (Å²) in [5, 5.41) is 12.4. The lowest BCUT2D eigenvalue weighted by Crippen LogP contribution is -2.06. The average Bonchev–Trinajstić information content (AvgIpc) is 2.34. The summed E-state index contributed by atoms with van der Waals surface area (Å²) in [5.41, 5.74) is 6.72. The SMILES string of the molecule is Nc1ccc(C(=O)O)nc1Nc1ccc(Cl)cc1Br. The minimum Gasteiger partial charge on any atom is -0.477 e. The molecule has 1 aromatic heterocycles. The van der Waals surface area contributed by atoms with E-state index in [4.69, 9.17) is 22.4 Å². The minimum absolute atomic E-state index is 0.0817. The molecule has 5 nitrogen and oxygen atoms in total. The number of benzene rings is 1. The Morgan fingerprint density at radius 3 is 2.74 bits per heavy atom. The standard InChI is InChI=1S/C12H9BrClN3O2/c13-7-5-6(14)1-3-9(7)16-11-8(15)2-4-10(17-11)12(18)19/h1-5H,15H2,(H,16,17)(H,18,19). The number of halogens is 2. The zero-order chi connectivity index (χ0) is 14.0. The number of nitrogens with zero attached hydrogens (tertiary/aromatic N) is 1. The maximum absolute atomic E-state index is 10.9. The van der Waals surface area contributed by atoms with Crippen LogP contribution in [0.3, 0.4) is 0 Å². The van der Waals surface area contributed by atoms with Crippen LogP contribution in [0.25, 0.3) is 0 Å². The van der Waals surface area contributed by atoms with Gasteiger partial charge in [0.2, 0.25) is 0 Å². The minimum atomic E-state index is -1.11. The van der Waals surface area contributed by atoms with E-state index in [1.807, 2.05) is 0 Å². The van der Waals surface area contributed by atoms with Gasteiger partial charge in [0.1, 0.15) is 0 Å². The van der Waals surface area contributed by atoms with E-state index in [0.717, 1.165) is 4.47 Å². The maximum Gasteiger partial charge on any atom is 0.354 e. The van der Waals surface area contributed by atoms with Gasteiger partial charge in [0.15, 0.2) is 11.5 Å². The van der Waals surface area contributed by atoms with Crippen LogP contribution in [-0.2, 0) is 0 Å². The van der Waals surface area contributed by atoms with E-state index in [1.165, 1.54) is 12.1 Å². The Hall–Kier alpha value is -1.79. The van der Waals surface area contributed by atoms with Crippen molar-refractivity contribution in [1.82, 2.24) is 4.98 Å². The van der Waals surface area contributed by atoms with E-state index >= 15 is 0 Å². The van der Waals surface area contributed by atoms with Crippen molar-refractivity contribution >= 4 is 50.7 Å². The molecule has 0 aliphatic carbocycles. The van der Waals surface area contributed by atoms with Gasteiger partial charge < -0.3 is 16.2 Å². The van der Waals surface area contributed by atoms with Crippen molar-refractivity contribution in [2.45, 2.75) is 0 Å². The average molecular weight is 343 g/mol. The van der Waals surface area contributed by atoms with E-state index in [-0.39, 0.29) is 11.5 Å². The van der Waals surface area contributed by atoms with Crippen molar-refractivity contribution < 1.29 is 9.90 Å². The number of carboxylic acids is 1. The molecule has 0 aliphatic heterocycles. The fourth-order valence-corrected chi connectivity index (χ4v) is 2.19. The smallest absolute Gasteiger partial charge is 0.354 e. The number of carbonyl (C=O) groups is 1. The lowest BCUT2D eigenvalue weighted by atomic mass is 10.3. The molecular formula is C12H9BrClN3O2. The molecule has 0 amide bonds. The highest BCUT2D eigenvalue weighted by atomic mass is 79.9. The summed E-state index contributed by atoms with van der Waals surface area (Å²) in [6.45, 7) is 0. The maximum atomic E-state index is 10.9. The quantitative estimate of drug-likeness (QED) is 0.794. The molecule has 0 radical (unpaired) electrons. The van der Waals surface area contributed by atoms with E-state index in [9.17, 15) is 4.79 Å². The molecule has 1 aromatic carbocycles. The summed E-state index contributed by atoms with van der Waals surface area (Å²) in [5.74, 6) is -0.832. The molecule has 1 heterocycles. The number of aromatic carboxylic acids is 1. The molecule has 0 saturated carbocycles. The summed E-state index contributed by atoms with van der Waals surface area (Å²) in [4.78, 5) is 14.8. The lowest BCUT2D eigenvalue weighted by molar-refractivity contribution is 0.0690. The highest BCUT2D eigenvalue weighted by Gasteiger charge is 2.10. The Morgan fingerprint density at radius 2 is 2.11 bits per heavy atom. The first-order valence-electron chi connectivity index (χ1n) is 5.19. The van der Waals surface area contributed by atoms with Gasteiger partial charge in [0.05, 0.1) is 11.4 Å². The molecule has 2 aromatic rings. The number of hydrogen-bond acceptors (Lipinski definition) is 4. The molecular weight excluding hydrogens is 334 g/mol. The van der Waals surface area contributed by atoms with Crippen molar-refractivity contribution in [2.75, 3.05) is 11.1 Å². The van der Waals surface area contributed by atoms with Gasteiger partial charge in [0.25, 0.3) is 0 Å². The first-order chi connectivity index (χ1) is 8.97. The van der Waals surface area contributed by atoms with Crippen LogP contribution in [0.4, 0.5) is 17.2 Å². The fraction of sp³-hybridized carbons (Fsp3) is 0. The largest absolute Gasteiger partial charge is 0.477 e. The molecule has 4 N–H and O–H groups in total. The van der Waals surface area contributed by atoms with Gasteiger partial charge in [-0.15, -0.1) is 0 Å². The molecule has 0 saturated heterocycles. The van der Waals surface area contributed by atoms with Crippen LogP contribution in [0.5, 0.6) is 0 Å². The second kappa shape index (κ2) is 5.46. The molecule has 0 spiro atoms. The van der Waals surface area contributed by atoms with Crippen LogP contribution in [-0.4, -0.2) is 16.1 Å². The molecule has 98 valence electrons. The second-order valence-corrected chi connectivity index (χ2v) is 4.98. The third kappa shape index (κ3) is 3.15. The monoisotopic (exact) mass is 341 g/mol. The topological polar surface area (TPSA) is 88.2 Å². The molecule has 0 bridgehead atoms. The number of rotatable bonds is 3. The summed E-state index contributed by atoms with van der Waals surface area (Å²) in [7, 11) is 0. The number of anilines is 3. The van der Waals surface area contributed by atoms with Crippen LogP contribution in [0.15, 0.2) is 34.8 Å². The summed E-state index contributed by atoms with van der Waals surface area (Å²) < 4.78 is 0.724. The third-order valence-corrected chi connectivity index (χ3v) is 3.22. The van der Waals surface area contributed by atoms with Crippen molar-refractivity contribution in [1.29, 1.82) is 0 Å². The van der Waals surface area contributed by atoms with E-state index in [2.05, 4.69) is 26.2 Å². The summed E-state index contributed by atoms with van der Waals surface area (Å²) in [6.07, 6.45) is 0. The Kier molecular flexibility index (Phi) is 3.92. The Bertz CT molecular complexity index is 649. The lowest BCUT2D eigenvalue weighted by Gasteiger charge is -2.10. The number of nitrogens with two attached hydrogens (primary N) is 1. The van der Waals surface area contributed by atoms with Crippen LogP contribution < -0.4 is 11.1 Å². The van der Waals surface area contributed by atoms with Crippen LogP contribution in [0.2, 0.25) is 5.02 Å². The first-order valence-corrected chi connectivity index (χ1v) is 6.36. The zero-order valence-corrected chi connectivity index (χ0v) is 11.9.